The fourth-order valence-electron chi connectivity index (χ4n) is 2.76. The highest BCUT2D eigenvalue weighted by molar-refractivity contribution is 5.72. The van der Waals surface area contributed by atoms with E-state index in [0.29, 0.717) is 12.2 Å². The first-order valence-electron chi connectivity index (χ1n) is 8.65. The summed E-state index contributed by atoms with van der Waals surface area (Å²) in [6, 6.07) is 19.3. The van der Waals surface area contributed by atoms with Gasteiger partial charge in [0.05, 0.1) is 0 Å². The fourth-order valence-corrected chi connectivity index (χ4v) is 2.76. The molecule has 0 aliphatic carbocycles. The summed E-state index contributed by atoms with van der Waals surface area (Å²) in [5.41, 5.74) is 0.385. The van der Waals surface area contributed by atoms with E-state index < -0.39 is 5.60 Å². The molecule has 0 heterocycles. The van der Waals surface area contributed by atoms with Gasteiger partial charge in [-0.05, 0) is 38.2 Å². The summed E-state index contributed by atoms with van der Waals surface area (Å²) in [5.74, 6) is 0.308. The monoisotopic (exact) mass is 341 g/mol. The number of esters is 1. The quantitative estimate of drug-likeness (QED) is 0.649. The van der Waals surface area contributed by atoms with Crippen molar-refractivity contribution in [1.29, 1.82) is 0 Å². The Morgan fingerprint density at radius 3 is 2.16 bits per heavy atom. The van der Waals surface area contributed by atoms with Crippen LogP contribution in [0, 0.1) is 0 Å². The third-order valence-electron chi connectivity index (χ3n) is 4.24. The van der Waals surface area contributed by atoms with Gasteiger partial charge in [0.1, 0.15) is 11.4 Å². The molecular formula is C21H27NO3. The van der Waals surface area contributed by atoms with Crippen molar-refractivity contribution in [2.75, 3.05) is 27.2 Å². The third kappa shape index (κ3) is 5.61. The predicted octanol–water partition coefficient (Wildman–Crippen LogP) is 3.87. The number of para-hydroxylation sites is 1. The highest BCUT2D eigenvalue weighted by Gasteiger charge is 2.34. The summed E-state index contributed by atoms with van der Waals surface area (Å²) >= 11 is 0. The Bertz CT molecular complexity index is 643. The van der Waals surface area contributed by atoms with Gasteiger partial charge in [-0.2, -0.15) is 0 Å². The second-order valence-electron chi connectivity index (χ2n) is 6.34. The Kier molecular flexibility index (Phi) is 7.02. The average molecular weight is 341 g/mol. The van der Waals surface area contributed by atoms with Gasteiger partial charge in [0.2, 0.25) is 0 Å². The van der Waals surface area contributed by atoms with Crippen LogP contribution in [0.2, 0.25) is 0 Å². The number of hydrogen-bond acceptors (Lipinski definition) is 4. The van der Waals surface area contributed by atoms with Gasteiger partial charge in [0, 0.05) is 13.0 Å². The first-order chi connectivity index (χ1) is 12.1. The molecule has 0 aromatic heterocycles. The van der Waals surface area contributed by atoms with Crippen LogP contribution in [0.25, 0.3) is 0 Å². The van der Waals surface area contributed by atoms with Crippen LogP contribution in [0.15, 0.2) is 60.7 Å². The lowest BCUT2D eigenvalue weighted by molar-refractivity contribution is -0.165. The average Bonchev–Trinajstić information content (AvgIpc) is 2.65. The lowest BCUT2D eigenvalue weighted by Crippen LogP contribution is -2.36. The molecule has 0 fully saturated rings. The molecule has 0 amide bonds. The van der Waals surface area contributed by atoms with Crippen LogP contribution in [0.3, 0.4) is 0 Å². The molecule has 0 N–H and O–H groups in total. The van der Waals surface area contributed by atoms with Crippen molar-refractivity contribution < 1.29 is 14.3 Å². The van der Waals surface area contributed by atoms with Crippen molar-refractivity contribution in [1.82, 2.24) is 4.90 Å². The van der Waals surface area contributed by atoms with Gasteiger partial charge >= 0.3 is 5.97 Å². The molecule has 1 unspecified atom stereocenters. The number of carbonyl (C=O) groups is 1. The molecule has 0 spiro atoms. The highest BCUT2D eigenvalue weighted by Crippen LogP contribution is 2.33. The second-order valence-corrected chi connectivity index (χ2v) is 6.34. The zero-order valence-corrected chi connectivity index (χ0v) is 15.3. The number of carbonyl (C=O) groups excluding carboxylic acids is 1. The van der Waals surface area contributed by atoms with Gasteiger partial charge in [-0.15, -0.1) is 0 Å². The van der Waals surface area contributed by atoms with Crippen LogP contribution in [0.4, 0.5) is 0 Å². The maximum atomic E-state index is 12.4. The Morgan fingerprint density at radius 1 is 1.00 bits per heavy atom. The molecule has 0 aliphatic rings. The molecule has 0 saturated carbocycles. The number of hydrogen-bond donors (Lipinski definition) is 0. The first-order valence-corrected chi connectivity index (χ1v) is 8.65. The highest BCUT2D eigenvalue weighted by atomic mass is 16.6. The summed E-state index contributed by atoms with van der Waals surface area (Å²) in [4.78, 5) is 14.5. The smallest absolute Gasteiger partial charge is 0.345 e. The van der Waals surface area contributed by atoms with E-state index in [0.717, 1.165) is 18.5 Å². The van der Waals surface area contributed by atoms with Crippen LogP contribution in [0.1, 0.15) is 25.3 Å². The Balaban J connectivity index is 2.10. The molecule has 0 aliphatic heterocycles. The van der Waals surface area contributed by atoms with Crippen molar-refractivity contribution in [2.45, 2.75) is 25.4 Å². The van der Waals surface area contributed by atoms with Crippen molar-refractivity contribution in [3.8, 4) is 5.75 Å². The van der Waals surface area contributed by atoms with Crippen LogP contribution < -0.4 is 4.74 Å². The zero-order valence-electron chi connectivity index (χ0n) is 15.3. The minimum Gasteiger partial charge on any atom is -0.482 e. The lowest BCUT2D eigenvalue weighted by atomic mass is 9.87. The Morgan fingerprint density at radius 2 is 1.60 bits per heavy atom. The zero-order chi connectivity index (χ0) is 18.1. The van der Waals surface area contributed by atoms with Crippen molar-refractivity contribution in [3.63, 3.8) is 0 Å². The molecule has 134 valence electrons. The summed E-state index contributed by atoms with van der Waals surface area (Å²) < 4.78 is 11.5. The topological polar surface area (TPSA) is 38.8 Å². The number of benzene rings is 2. The van der Waals surface area contributed by atoms with Crippen LogP contribution in [-0.2, 0) is 15.1 Å². The van der Waals surface area contributed by atoms with Gasteiger partial charge < -0.3 is 14.4 Å². The maximum Gasteiger partial charge on any atom is 0.345 e. The predicted molar refractivity (Wildman–Crippen MR) is 99.6 cm³/mol. The van der Waals surface area contributed by atoms with Crippen molar-refractivity contribution >= 4 is 5.97 Å². The summed E-state index contributed by atoms with van der Waals surface area (Å²) in [7, 11) is 4.04. The Hall–Kier alpha value is -2.33. The molecule has 2 aromatic rings. The first kappa shape index (κ1) is 19.0. The van der Waals surface area contributed by atoms with E-state index in [1.807, 2.05) is 81.7 Å². The maximum absolute atomic E-state index is 12.4. The van der Waals surface area contributed by atoms with Crippen molar-refractivity contribution in [2.24, 2.45) is 0 Å². The summed E-state index contributed by atoms with van der Waals surface area (Å²) in [5, 5.41) is 0. The van der Waals surface area contributed by atoms with E-state index in [4.69, 9.17) is 9.47 Å². The SMILES string of the molecule is CCC(CCN(C)C)(OC(=O)COc1ccccc1)c1ccccc1. The molecule has 2 rings (SSSR count). The standard InChI is InChI=1S/C21H27NO3/c1-4-21(15-16-22(2)3,18-11-7-5-8-12-18)25-20(23)17-24-19-13-9-6-10-14-19/h5-14H,4,15-17H2,1-3H3. The normalized spacial score (nSPS) is 13.3. The molecule has 2 aromatic carbocycles. The van der Waals surface area contributed by atoms with Crippen molar-refractivity contribution in [3.05, 3.63) is 66.2 Å². The molecule has 0 bridgehead atoms. The molecule has 0 saturated heterocycles. The van der Waals surface area contributed by atoms with Crippen LogP contribution in [0.5, 0.6) is 5.75 Å². The van der Waals surface area contributed by atoms with Gasteiger partial charge in [-0.1, -0.05) is 55.5 Å². The van der Waals surface area contributed by atoms with Crippen LogP contribution >= 0.6 is 0 Å². The van der Waals surface area contributed by atoms with E-state index in [9.17, 15) is 4.79 Å². The molecule has 4 heteroatoms. The third-order valence-corrected chi connectivity index (χ3v) is 4.24. The molecule has 0 radical (unpaired) electrons. The van der Waals surface area contributed by atoms with Gasteiger partial charge in [-0.25, -0.2) is 4.79 Å². The second kappa shape index (κ2) is 9.23. The summed E-state index contributed by atoms with van der Waals surface area (Å²) in [6.45, 7) is 2.78. The van der Waals surface area contributed by atoms with Crippen LogP contribution in [-0.4, -0.2) is 38.1 Å². The van der Waals surface area contributed by atoms with E-state index in [1.165, 1.54) is 0 Å². The molecule has 4 nitrogen and oxygen atoms in total. The molecular weight excluding hydrogens is 314 g/mol. The van der Waals surface area contributed by atoms with E-state index in [1.54, 1.807) is 0 Å². The summed E-state index contributed by atoms with van der Waals surface area (Å²) in [6.07, 6.45) is 1.44. The minimum absolute atomic E-state index is 0.0967. The molecule has 1 atom stereocenters. The molecule has 25 heavy (non-hydrogen) atoms. The fraction of sp³-hybridized carbons (Fsp3) is 0.381. The Labute approximate surface area is 150 Å². The largest absolute Gasteiger partial charge is 0.482 e. The van der Waals surface area contributed by atoms with E-state index in [-0.39, 0.29) is 12.6 Å². The number of rotatable bonds is 9. The number of ether oxygens (including phenoxy) is 2. The van der Waals surface area contributed by atoms with Gasteiger partial charge in [-0.3, -0.25) is 0 Å². The van der Waals surface area contributed by atoms with Gasteiger partial charge in [0.25, 0.3) is 0 Å². The van der Waals surface area contributed by atoms with E-state index in [2.05, 4.69) is 4.90 Å². The lowest BCUT2D eigenvalue weighted by Gasteiger charge is -2.34. The minimum atomic E-state index is -0.636. The number of nitrogens with zero attached hydrogens (tertiary/aromatic N) is 1. The van der Waals surface area contributed by atoms with E-state index >= 15 is 0 Å². The van der Waals surface area contributed by atoms with Gasteiger partial charge in [0.15, 0.2) is 6.61 Å².